The van der Waals surface area contributed by atoms with Crippen LogP contribution in [0.3, 0.4) is 0 Å². The molecule has 6 nitrogen and oxygen atoms in total. The number of benzene rings is 2. The number of carbonyl (C=O) groups is 2. The van der Waals surface area contributed by atoms with E-state index in [0.717, 1.165) is 5.56 Å². The molecule has 2 aromatic carbocycles. The molecule has 0 bridgehead atoms. The lowest BCUT2D eigenvalue weighted by atomic mass is 10.0. The van der Waals surface area contributed by atoms with Crippen LogP contribution in [0.5, 0.6) is 11.5 Å². The molecule has 0 fully saturated rings. The van der Waals surface area contributed by atoms with Crippen molar-refractivity contribution >= 4 is 23.4 Å². The number of phenolic OH excluding ortho intramolecular Hbond substituents is 2. The van der Waals surface area contributed by atoms with Gasteiger partial charge < -0.3 is 20.8 Å². The van der Waals surface area contributed by atoms with Crippen molar-refractivity contribution in [3.63, 3.8) is 0 Å². The van der Waals surface area contributed by atoms with Crippen LogP contribution in [0.15, 0.2) is 42.5 Å². The molecule has 27 heavy (non-hydrogen) atoms. The highest BCUT2D eigenvalue weighted by Crippen LogP contribution is 2.24. The standard InChI is InChI=1S/C20H23ClN2O4/c1-12(2)18(23-19(26)14-4-6-15(21)7-5-14)20(27)22-10-9-13-3-8-16(24)17(25)11-13/h3-8,11-12,18,24-25H,9-10H2,1-2H3,(H,22,27)(H,23,26). The van der Waals surface area contributed by atoms with E-state index >= 15 is 0 Å². The summed E-state index contributed by atoms with van der Waals surface area (Å²) in [4.78, 5) is 24.8. The number of hydrogen-bond acceptors (Lipinski definition) is 4. The highest BCUT2D eigenvalue weighted by Gasteiger charge is 2.24. The summed E-state index contributed by atoms with van der Waals surface area (Å²) in [7, 11) is 0. The third-order valence-electron chi connectivity index (χ3n) is 4.09. The summed E-state index contributed by atoms with van der Waals surface area (Å²) in [6, 6.07) is 10.3. The first-order chi connectivity index (χ1) is 12.8. The average molecular weight is 391 g/mol. The predicted octanol–water partition coefficient (Wildman–Crippen LogP) is 2.86. The van der Waals surface area contributed by atoms with Gasteiger partial charge in [-0.05, 0) is 54.3 Å². The van der Waals surface area contributed by atoms with Gasteiger partial charge in [-0.25, -0.2) is 0 Å². The molecule has 0 aliphatic heterocycles. The second-order valence-electron chi connectivity index (χ2n) is 6.57. The van der Waals surface area contributed by atoms with Crippen LogP contribution in [-0.2, 0) is 11.2 Å². The zero-order valence-electron chi connectivity index (χ0n) is 15.2. The van der Waals surface area contributed by atoms with E-state index in [1.54, 1.807) is 30.3 Å². The summed E-state index contributed by atoms with van der Waals surface area (Å²) < 4.78 is 0. The van der Waals surface area contributed by atoms with Gasteiger partial charge in [0.25, 0.3) is 5.91 Å². The fraction of sp³-hybridized carbons (Fsp3) is 0.300. The Bertz CT molecular complexity index is 806. The molecular weight excluding hydrogens is 368 g/mol. The molecular formula is C20H23ClN2O4. The van der Waals surface area contributed by atoms with Crippen LogP contribution in [0.25, 0.3) is 0 Å². The molecule has 2 aromatic rings. The minimum absolute atomic E-state index is 0.0982. The van der Waals surface area contributed by atoms with Crippen LogP contribution in [0.1, 0.15) is 29.8 Å². The molecule has 0 spiro atoms. The predicted molar refractivity (Wildman–Crippen MR) is 104 cm³/mol. The summed E-state index contributed by atoms with van der Waals surface area (Å²) >= 11 is 5.82. The lowest BCUT2D eigenvalue weighted by molar-refractivity contribution is -0.123. The van der Waals surface area contributed by atoms with Crippen molar-refractivity contribution in [2.75, 3.05) is 6.54 Å². The molecule has 0 saturated heterocycles. The van der Waals surface area contributed by atoms with E-state index in [2.05, 4.69) is 10.6 Å². The molecule has 2 rings (SSSR count). The summed E-state index contributed by atoms with van der Waals surface area (Å²) in [5.41, 5.74) is 1.20. The number of phenols is 2. The van der Waals surface area contributed by atoms with Crippen LogP contribution < -0.4 is 10.6 Å². The van der Waals surface area contributed by atoms with Crippen molar-refractivity contribution in [3.05, 3.63) is 58.6 Å². The summed E-state index contributed by atoms with van der Waals surface area (Å²) in [6.07, 6.45) is 0.482. The Kier molecular flexibility index (Phi) is 7.07. The smallest absolute Gasteiger partial charge is 0.251 e. The second-order valence-corrected chi connectivity index (χ2v) is 7.00. The summed E-state index contributed by atoms with van der Waals surface area (Å²) in [5, 5.41) is 24.9. The molecule has 1 atom stereocenters. The highest BCUT2D eigenvalue weighted by atomic mass is 35.5. The lowest BCUT2D eigenvalue weighted by Gasteiger charge is -2.22. The zero-order valence-corrected chi connectivity index (χ0v) is 16.0. The van der Waals surface area contributed by atoms with Gasteiger partial charge >= 0.3 is 0 Å². The number of halogens is 1. The zero-order chi connectivity index (χ0) is 20.0. The normalized spacial score (nSPS) is 11.9. The third-order valence-corrected chi connectivity index (χ3v) is 4.35. The Morgan fingerprint density at radius 3 is 2.30 bits per heavy atom. The average Bonchev–Trinajstić information content (AvgIpc) is 2.62. The van der Waals surface area contributed by atoms with Crippen LogP contribution in [0.4, 0.5) is 0 Å². The maximum atomic E-state index is 12.5. The van der Waals surface area contributed by atoms with Gasteiger partial charge in [-0.1, -0.05) is 31.5 Å². The van der Waals surface area contributed by atoms with E-state index in [1.807, 2.05) is 13.8 Å². The quantitative estimate of drug-likeness (QED) is 0.546. The minimum Gasteiger partial charge on any atom is -0.504 e. The van der Waals surface area contributed by atoms with E-state index in [-0.39, 0.29) is 29.2 Å². The van der Waals surface area contributed by atoms with Crippen molar-refractivity contribution in [1.29, 1.82) is 0 Å². The first-order valence-corrected chi connectivity index (χ1v) is 9.00. The molecule has 0 saturated carbocycles. The first kappa shape index (κ1) is 20.6. The van der Waals surface area contributed by atoms with E-state index in [4.69, 9.17) is 11.6 Å². The number of aromatic hydroxyl groups is 2. The Hall–Kier alpha value is -2.73. The van der Waals surface area contributed by atoms with Gasteiger partial charge in [0, 0.05) is 17.1 Å². The maximum absolute atomic E-state index is 12.5. The Balaban J connectivity index is 1.92. The van der Waals surface area contributed by atoms with Gasteiger partial charge in [0.05, 0.1) is 0 Å². The molecule has 1 unspecified atom stereocenters. The van der Waals surface area contributed by atoms with E-state index < -0.39 is 6.04 Å². The molecule has 7 heteroatoms. The molecule has 4 N–H and O–H groups in total. The van der Waals surface area contributed by atoms with Crippen molar-refractivity contribution in [2.24, 2.45) is 5.92 Å². The Labute approximate surface area is 163 Å². The van der Waals surface area contributed by atoms with Crippen LogP contribution in [-0.4, -0.2) is 34.6 Å². The first-order valence-electron chi connectivity index (χ1n) is 8.63. The number of carbonyl (C=O) groups excluding carboxylic acids is 2. The molecule has 0 heterocycles. The lowest BCUT2D eigenvalue weighted by Crippen LogP contribution is -2.50. The van der Waals surface area contributed by atoms with Crippen LogP contribution in [0, 0.1) is 5.92 Å². The molecule has 2 amide bonds. The fourth-order valence-corrected chi connectivity index (χ4v) is 2.65. The Morgan fingerprint density at radius 1 is 1.04 bits per heavy atom. The van der Waals surface area contributed by atoms with E-state index in [0.29, 0.717) is 23.6 Å². The maximum Gasteiger partial charge on any atom is 0.251 e. The monoisotopic (exact) mass is 390 g/mol. The second kappa shape index (κ2) is 9.28. The van der Waals surface area contributed by atoms with Crippen molar-refractivity contribution in [3.8, 4) is 11.5 Å². The van der Waals surface area contributed by atoms with Gasteiger partial charge in [0.1, 0.15) is 6.04 Å². The van der Waals surface area contributed by atoms with Crippen LogP contribution >= 0.6 is 11.6 Å². The van der Waals surface area contributed by atoms with Gasteiger partial charge in [-0.2, -0.15) is 0 Å². The number of amides is 2. The molecule has 144 valence electrons. The summed E-state index contributed by atoms with van der Waals surface area (Å²) in [6.45, 7) is 4.04. The van der Waals surface area contributed by atoms with E-state index in [9.17, 15) is 19.8 Å². The summed E-state index contributed by atoms with van der Waals surface area (Å²) in [5.74, 6) is -1.11. The highest BCUT2D eigenvalue weighted by molar-refractivity contribution is 6.30. The fourth-order valence-electron chi connectivity index (χ4n) is 2.53. The van der Waals surface area contributed by atoms with Gasteiger partial charge in [-0.3, -0.25) is 9.59 Å². The van der Waals surface area contributed by atoms with Gasteiger partial charge in [-0.15, -0.1) is 0 Å². The minimum atomic E-state index is -0.679. The molecule has 0 aromatic heterocycles. The van der Waals surface area contributed by atoms with Gasteiger partial charge in [0.15, 0.2) is 11.5 Å². The SMILES string of the molecule is CC(C)C(NC(=O)c1ccc(Cl)cc1)C(=O)NCCc1ccc(O)c(O)c1. The van der Waals surface area contributed by atoms with Crippen LogP contribution in [0.2, 0.25) is 5.02 Å². The molecule has 0 aliphatic rings. The largest absolute Gasteiger partial charge is 0.504 e. The van der Waals surface area contributed by atoms with Crippen molar-refractivity contribution in [1.82, 2.24) is 10.6 Å². The number of rotatable bonds is 7. The van der Waals surface area contributed by atoms with Gasteiger partial charge in [0.2, 0.25) is 5.91 Å². The molecule has 0 radical (unpaired) electrons. The third kappa shape index (κ3) is 5.89. The Morgan fingerprint density at radius 2 is 1.70 bits per heavy atom. The number of nitrogens with one attached hydrogen (secondary N) is 2. The van der Waals surface area contributed by atoms with E-state index in [1.165, 1.54) is 12.1 Å². The topological polar surface area (TPSA) is 98.7 Å². The van der Waals surface area contributed by atoms with Crippen molar-refractivity contribution in [2.45, 2.75) is 26.3 Å². The molecule has 0 aliphatic carbocycles. The van der Waals surface area contributed by atoms with Crippen molar-refractivity contribution < 1.29 is 19.8 Å². The number of hydrogen-bond donors (Lipinski definition) is 4.